The Hall–Kier alpha value is -4.12. The van der Waals surface area contributed by atoms with Gasteiger partial charge in [-0.2, -0.15) is 13.2 Å². The maximum atomic E-state index is 14.0. The molecule has 3 heterocycles. The second kappa shape index (κ2) is 9.44. The lowest BCUT2D eigenvalue weighted by Crippen LogP contribution is -2.34. The summed E-state index contributed by atoms with van der Waals surface area (Å²) < 4.78 is 44.3. The molecule has 0 unspecified atom stereocenters. The molecule has 3 aromatic heterocycles. The van der Waals surface area contributed by atoms with Gasteiger partial charge in [-0.05, 0) is 71.3 Å². The van der Waals surface area contributed by atoms with Crippen LogP contribution in [0.15, 0.2) is 85.1 Å². The summed E-state index contributed by atoms with van der Waals surface area (Å²) in [5.74, 6) is 0.534. The Morgan fingerprint density at radius 2 is 1.49 bits per heavy atom. The lowest BCUT2D eigenvalue weighted by molar-refractivity contribution is -0.210. The Morgan fingerprint density at radius 3 is 2.30 bits per heavy atom. The van der Waals surface area contributed by atoms with E-state index in [1.807, 2.05) is 30.5 Å². The number of aromatic nitrogens is 2. The van der Waals surface area contributed by atoms with Crippen molar-refractivity contribution >= 4 is 48.9 Å². The van der Waals surface area contributed by atoms with Gasteiger partial charge in [-0.3, -0.25) is 4.98 Å². The van der Waals surface area contributed by atoms with E-state index in [1.54, 1.807) is 0 Å². The maximum Gasteiger partial charge on any atom is 0.394 e. The van der Waals surface area contributed by atoms with E-state index in [9.17, 15) is 13.2 Å². The fourth-order valence-electron chi connectivity index (χ4n) is 7.70. The topological polar surface area (TPSA) is 17.3 Å². The molecule has 216 valence electrons. The first-order valence-electron chi connectivity index (χ1n) is 15.4. The van der Waals surface area contributed by atoms with Crippen LogP contribution in [0, 0.1) is 5.41 Å². The quantitative estimate of drug-likeness (QED) is 0.204. The number of nitrogens with zero attached hydrogens (tertiary/aromatic N) is 2. The van der Waals surface area contributed by atoms with Crippen molar-refractivity contribution in [3.8, 4) is 11.3 Å². The molecule has 0 radical (unpaired) electrons. The molecule has 1 aliphatic carbocycles. The van der Waals surface area contributed by atoms with Gasteiger partial charge in [0.1, 0.15) is 0 Å². The molecule has 0 bridgehead atoms. The van der Waals surface area contributed by atoms with Gasteiger partial charge >= 0.3 is 6.18 Å². The highest BCUT2D eigenvalue weighted by Gasteiger charge is 2.47. The first-order chi connectivity index (χ1) is 20.7. The molecule has 0 saturated heterocycles. The van der Waals surface area contributed by atoms with Crippen molar-refractivity contribution in [2.45, 2.75) is 64.5 Å². The van der Waals surface area contributed by atoms with Crippen LogP contribution in [0.1, 0.15) is 63.0 Å². The molecular formula is C38H33F3N2. The van der Waals surface area contributed by atoms with Crippen LogP contribution in [0.3, 0.4) is 0 Å². The summed E-state index contributed by atoms with van der Waals surface area (Å²) in [5, 5.41) is 6.64. The van der Waals surface area contributed by atoms with Gasteiger partial charge in [0, 0.05) is 33.3 Å². The lowest BCUT2D eigenvalue weighted by Gasteiger charge is -2.28. The number of pyridine rings is 1. The predicted octanol–water partition coefficient (Wildman–Crippen LogP) is 11.2. The van der Waals surface area contributed by atoms with E-state index in [1.165, 1.54) is 62.3 Å². The van der Waals surface area contributed by atoms with Crippen molar-refractivity contribution in [3.63, 3.8) is 0 Å². The van der Waals surface area contributed by atoms with E-state index in [-0.39, 0.29) is 6.42 Å². The van der Waals surface area contributed by atoms with Crippen LogP contribution < -0.4 is 0 Å². The third-order valence-electron chi connectivity index (χ3n) is 9.95. The minimum atomic E-state index is -4.30. The third-order valence-corrected chi connectivity index (χ3v) is 9.95. The van der Waals surface area contributed by atoms with Crippen LogP contribution in [-0.4, -0.2) is 15.6 Å². The van der Waals surface area contributed by atoms with Crippen LogP contribution in [0.4, 0.5) is 13.2 Å². The van der Waals surface area contributed by atoms with Crippen LogP contribution in [0.2, 0.25) is 0 Å². The Labute approximate surface area is 248 Å². The zero-order valence-corrected chi connectivity index (χ0v) is 24.4. The summed E-state index contributed by atoms with van der Waals surface area (Å²) in [5.41, 5.74) is 5.28. The van der Waals surface area contributed by atoms with Gasteiger partial charge in [-0.25, -0.2) is 0 Å². The van der Waals surface area contributed by atoms with E-state index in [4.69, 9.17) is 4.98 Å². The summed E-state index contributed by atoms with van der Waals surface area (Å²) in [6, 6.07) is 27.4. The molecule has 0 amide bonds. The summed E-state index contributed by atoms with van der Waals surface area (Å²) in [6.07, 6.45) is 3.76. The normalized spacial score (nSPS) is 15.6. The summed E-state index contributed by atoms with van der Waals surface area (Å²) in [7, 11) is 0. The van der Waals surface area contributed by atoms with Gasteiger partial charge in [-0.1, -0.05) is 87.7 Å². The van der Waals surface area contributed by atoms with Gasteiger partial charge in [-0.15, -0.1) is 0 Å². The smallest absolute Gasteiger partial charge is 0.306 e. The second-order valence-electron chi connectivity index (χ2n) is 13.1. The summed E-state index contributed by atoms with van der Waals surface area (Å²) >= 11 is 0. The van der Waals surface area contributed by atoms with Crippen molar-refractivity contribution in [3.05, 3.63) is 96.2 Å². The molecule has 0 aliphatic heterocycles. The van der Waals surface area contributed by atoms with Gasteiger partial charge in [0.15, 0.2) is 0 Å². The highest BCUT2D eigenvalue weighted by molar-refractivity contribution is 6.25. The van der Waals surface area contributed by atoms with E-state index in [0.717, 1.165) is 54.9 Å². The largest absolute Gasteiger partial charge is 0.394 e. The zero-order chi connectivity index (χ0) is 29.5. The van der Waals surface area contributed by atoms with Gasteiger partial charge < -0.3 is 4.40 Å². The van der Waals surface area contributed by atoms with Crippen molar-refractivity contribution in [2.75, 3.05) is 0 Å². The Morgan fingerprint density at radius 1 is 0.767 bits per heavy atom. The van der Waals surface area contributed by atoms with E-state index < -0.39 is 11.6 Å². The fraction of sp³-hybridized carbons (Fsp3) is 0.289. The molecule has 0 N–H and O–H groups in total. The van der Waals surface area contributed by atoms with Gasteiger partial charge in [0.2, 0.25) is 0 Å². The van der Waals surface area contributed by atoms with Crippen molar-refractivity contribution in [1.29, 1.82) is 0 Å². The number of para-hydroxylation sites is 1. The van der Waals surface area contributed by atoms with Crippen molar-refractivity contribution in [1.82, 2.24) is 9.38 Å². The number of fused-ring (bicyclic) bond motifs is 7. The predicted molar refractivity (Wildman–Crippen MR) is 171 cm³/mol. The van der Waals surface area contributed by atoms with Crippen molar-refractivity contribution < 1.29 is 13.2 Å². The highest BCUT2D eigenvalue weighted by Crippen LogP contribution is 2.46. The molecule has 2 nitrogen and oxygen atoms in total. The van der Waals surface area contributed by atoms with E-state index in [2.05, 4.69) is 59.0 Å². The number of hydrogen-bond acceptors (Lipinski definition) is 1. The average Bonchev–Trinajstić information content (AvgIpc) is 3.53. The van der Waals surface area contributed by atoms with Crippen LogP contribution >= 0.6 is 0 Å². The number of hydrogen-bond donors (Lipinski definition) is 0. The Bertz CT molecular complexity index is 2160. The summed E-state index contributed by atoms with van der Waals surface area (Å²) in [6.45, 7) is 2.59. The Kier molecular flexibility index (Phi) is 5.82. The number of benzene rings is 4. The molecule has 8 rings (SSSR count). The number of rotatable bonds is 4. The van der Waals surface area contributed by atoms with Crippen LogP contribution in [-0.2, 0) is 6.42 Å². The standard InChI is InChI=1S/C38H33F3N2/c1-37(2,38(39,40)41)22-25-13-8-17-32-33(25)30-16-9-15-28-29-18-19-42-34(36(29)43(32)35(28)30)26-20-24-12-6-7-14-27(24)31(21-26)23-10-4-3-5-11-23/h6-9,12-21,23H,3-5,10-11,22H2,1-2H3. The van der Waals surface area contributed by atoms with Gasteiger partial charge in [0.25, 0.3) is 0 Å². The number of halogens is 3. The van der Waals surface area contributed by atoms with Crippen LogP contribution in [0.25, 0.3) is 60.1 Å². The van der Waals surface area contributed by atoms with Crippen LogP contribution in [0.5, 0.6) is 0 Å². The van der Waals surface area contributed by atoms with E-state index >= 15 is 0 Å². The second-order valence-corrected chi connectivity index (χ2v) is 13.1. The highest BCUT2D eigenvalue weighted by atomic mass is 19.4. The molecule has 1 aliphatic rings. The molecule has 0 spiro atoms. The summed E-state index contributed by atoms with van der Waals surface area (Å²) in [4.78, 5) is 5.01. The molecule has 1 fully saturated rings. The average molecular weight is 575 g/mol. The first kappa shape index (κ1) is 26.5. The SMILES string of the molecule is CC(C)(Cc1cccc2c1c1cccc3c4ccnc(-c5cc(C6CCCCC6)c6ccccc6c5)c4n2c31)C(F)(F)F. The first-order valence-corrected chi connectivity index (χ1v) is 15.4. The lowest BCUT2D eigenvalue weighted by atomic mass is 9.81. The molecular weight excluding hydrogens is 541 g/mol. The molecule has 0 atom stereocenters. The molecule has 7 aromatic rings. The molecule has 43 heavy (non-hydrogen) atoms. The van der Waals surface area contributed by atoms with E-state index in [0.29, 0.717) is 5.92 Å². The third kappa shape index (κ3) is 3.97. The zero-order valence-electron chi connectivity index (χ0n) is 24.4. The maximum absolute atomic E-state index is 14.0. The minimum Gasteiger partial charge on any atom is -0.306 e. The van der Waals surface area contributed by atoms with Gasteiger partial charge in [0.05, 0.1) is 27.7 Å². The Balaban J connectivity index is 1.43. The monoisotopic (exact) mass is 574 g/mol. The molecule has 5 heteroatoms. The molecule has 4 aromatic carbocycles. The molecule has 1 saturated carbocycles. The van der Waals surface area contributed by atoms with Crippen molar-refractivity contribution in [2.24, 2.45) is 5.41 Å². The fourth-order valence-corrected chi connectivity index (χ4v) is 7.70. The number of alkyl halides is 3. The minimum absolute atomic E-state index is 0.0840.